The number of para-hydroxylation sites is 1. The number of oxime groups is 1. The van der Waals surface area contributed by atoms with Crippen molar-refractivity contribution in [2.24, 2.45) is 33.7 Å². The van der Waals surface area contributed by atoms with Gasteiger partial charge in [-0.25, -0.2) is 4.79 Å². The quantitative estimate of drug-likeness (QED) is 0.310. The molecule has 42 heavy (non-hydrogen) atoms. The van der Waals surface area contributed by atoms with Gasteiger partial charge >= 0.3 is 5.97 Å². The Morgan fingerprint density at radius 3 is 2.74 bits per heavy atom. The molecule has 224 valence electrons. The number of hydrogen-bond donors (Lipinski definition) is 3. The SMILES string of the molecule is COC(=O)[C@@H](Cc1c[nH]c2ccccc12)NC(=O)CO/N=C1\C=C[C@@]2(C)C(=C1)CC[C@@H]1[C@@H]2CC[C@@]2(C)[C@H]1CC[C@]2(C)O. The summed E-state index contributed by atoms with van der Waals surface area (Å²) in [5, 5.41) is 19.2. The number of nitrogens with one attached hydrogen (secondary N) is 2. The van der Waals surface area contributed by atoms with Crippen LogP contribution in [0.1, 0.15) is 64.9 Å². The number of fused-ring (bicyclic) bond motifs is 6. The molecule has 0 aliphatic heterocycles. The average Bonchev–Trinajstić information content (AvgIpc) is 3.49. The number of esters is 1. The molecule has 1 amide bonds. The second-order valence-electron chi connectivity index (χ2n) is 13.5. The van der Waals surface area contributed by atoms with E-state index in [1.807, 2.05) is 43.5 Å². The Labute approximate surface area is 247 Å². The van der Waals surface area contributed by atoms with Crippen molar-refractivity contribution in [1.29, 1.82) is 0 Å². The predicted octanol–water partition coefficient (Wildman–Crippen LogP) is 5.23. The summed E-state index contributed by atoms with van der Waals surface area (Å²) in [4.78, 5) is 33.9. The summed E-state index contributed by atoms with van der Waals surface area (Å²) in [7, 11) is 1.31. The van der Waals surface area contributed by atoms with Crippen LogP contribution in [0.2, 0.25) is 0 Å². The standard InChI is InChI=1S/C34H43N3O5/c1-32-14-11-23(18-22(32)9-10-25-26(32)12-15-33(2)27(25)13-16-34(33,3)40)37-42-20-30(38)36-29(31(39)41-4)17-21-19-35-28-8-6-5-7-24(21)28/h5-8,11,14,18-19,25-27,29,35,40H,9-10,12-13,15-17,20H2,1-4H3,(H,36,38)/b37-23+/t25-,26+,27+,29-,32+,33+,34+/m1/s1. The molecule has 0 unspecified atom stereocenters. The van der Waals surface area contributed by atoms with E-state index in [1.54, 1.807) is 0 Å². The largest absolute Gasteiger partial charge is 0.467 e. The lowest BCUT2D eigenvalue weighted by atomic mass is 9.47. The van der Waals surface area contributed by atoms with Crippen LogP contribution in [0.15, 0.2) is 59.4 Å². The number of aliphatic hydroxyl groups is 1. The number of aromatic nitrogens is 1. The van der Waals surface area contributed by atoms with E-state index in [-0.39, 0.29) is 17.4 Å². The van der Waals surface area contributed by atoms with Crippen molar-refractivity contribution in [3.63, 3.8) is 0 Å². The first kappa shape index (κ1) is 28.7. The van der Waals surface area contributed by atoms with Crippen molar-refractivity contribution < 1.29 is 24.3 Å². The van der Waals surface area contributed by atoms with Crippen LogP contribution in [0.25, 0.3) is 10.9 Å². The van der Waals surface area contributed by atoms with E-state index >= 15 is 0 Å². The molecule has 1 aromatic carbocycles. The minimum atomic E-state index is -0.841. The molecular formula is C34H43N3O5. The lowest BCUT2D eigenvalue weighted by Crippen LogP contribution is -2.53. The van der Waals surface area contributed by atoms with Gasteiger partial charge in [0.1, 0.15) is 11.8 Å². The number of carbonyl (C=O) groups is 2. The van der Waals surface area contributed by atoms with E-state index in [0.29, 0.717) is 29.9 Å². The minimum Gasteiger partial charge on any atom is -0.467 e. The van der Waals surface area contributed by atoms with Crippen molar-refractivity contribution in [2.75, 3.05) is 13.7 Å². The van der Waals surface area contributed by atoms with E-state index in [9.17, 15) is 14.7 Å². The van der Waals surface area contributed by atoms with E-state index in [0.717, 1.165) is 55.0 Å². The minimum absolute atomic E-state index is 0.00739. The molecule has 8 heteroatoms. The zero-order valence-electron chi connectivity index (χ0n) is 25.1. The van der Waals surface area contributed by atoms with Crippen molar-refractivity contribution >= 4 is 28.5 Å². The first-order valence-corrected chi connectivity index (χ1v) is 15.3. The van der Waals surface area contributed by atoms with Gasteiger partial charge in [-0.15, -0.1) is 0 Å². The highest BCUT2D eigenvalue weighted by molar-refractivity contribution is 6.05. The van der Waals surface area contributed by atoms with E-state index in [4.69, 9.17) is 9.57 Å². The number of carbonyl (C=O) groups excluding carboxylic acids is 2. The zero-order chi connectivity index (χ0) is 29.7. The van der Waals surface area contributed by atoms with Gasteiger partial charge in [-0.05, 0) is 92.4 Å². The van der Waals surface area contributed by atoms with Gasteiger partial charge in [0, 0.05) is 28.9 Å². The molecular weight excluding hydrogens is 530 g/mol. The number of H-pyrrole nitrogens is 1. The summed E-state index contributed by atoms with van der Waals surface area (Å²) in [5.41, 5.74) is 3.37. The van der Waals surface area contributed by atoms with Gasteiger partial charge in [0.25, 0.3) is 5.91 Å². The van der Waals surface area contributed by atoms with Gasteiger partial charge in [-0.2, -0.15) is 0 Å². The topological polar surface area (TPSA) is 113 Å². The molecule has 0 saturated heterocycles. The number of aromatic amines is 1. The molecule has 7 atom stereocenters. The molecule has 6 rings (SSSR count). The Morgan fingerprint density at radius 2 is 1.93 bits per heavy atom. The van der Waals surface area contributed by atoms with E-state index in [2.05, 4.69) is 41.5 Å². The Bertz CT molecular complexity index is 1470. The highest BCUT2D eigenvalue weighted by Gasteiger charge is 2.62. The molecule has 1 aromatic heterocycles. The number of methoxy groups -OCH3 is 1. The Balaban J connectivity index is 1.08. The van der Waals surface area contributed by atoms with Crippen molar-refractivity contribution in [3.8, 4) is 0 Å². The monoisotopic (exact) mass is 573 g/mol. The van der Waals surface area contributed by atoms with Crippen LogP contribution in [0, 0.1) is 28.6 Å². The van der Waals surface area contributed by atoms with E-state index < -0.39 is 23.5 Å². The Kier molecular flexibility index (Phi) is 7.32. The third-order valence-electron chi connectivity index (χ3n) is 11.4. The fraction of sp³-hybridized carbons (Fsp3) is 0.559. The molecule has 0 radical (unpaired) electrons. The number of rotatable bonds is 7. The summed E-state index contributed by atoms with van der Waals surface area (Å²) < 4.78 is 4.95. The molecule has 0 bridgehead atoms. The lowest BCUT2D eigenvalue weighted by molar-refractivity contribution is -0.145. The van der Waals surface area contributed by atoms with Gasteiger partial charge in [-0.1, -0.05) is 48.9 Å². The molecule has 3 saturated carbocycles. The van der Waals surface area contributed by atoms with Crippen LogP contribution >= 0.6 is 0 Å². The Hall–Kier alpha value is -3.39. The van der Waals surface area contributed by atoms with Gasteiger partial charge < -0.3 is 25.0 Å². The summed E-state index contributed by atoms with van der Waals surface area (Å²) in [5.74, 6) is 0.792. The average molecular weight is 574 g/mol. The number of allylic oxidation sites excluding steroid dienone is 4. The van der Waals surface area contributed by atoms with Crippen LogP contribution in [-0.4, -0.2) is 53.0 Å². The third-order valence-corrected chi connectivity index (χ3v) is 11.4. The fourth-order valence-corrected chi connectivity index (χ4v) is 8.77. The number of benzene rings is 1. The third kappa shape index (κ3) is 4.77. The van der Waals surface area contributed by atoms with Crippen molar-refractivity contribution in [3.05, 3.63) is 59.8 Å². The summed E-state index contributed by atoms with van der Waals surface area (Å²) in [6.45, 7) is 6.42. The first-order valence-electron chi connectivity index (χ1n) is 15.3. The normalized spacial score (nSPS) is 35.1. The molecule has 2 aromatic rings. The molecule has 3 fully saturated rings. The van der Waals surface area contributed by atoms with Crippen LogP contribution in [0.4, 0.5) is 0 Å². The first-order chi connectivity index (χ1) is 20.1. The van der Waals surface area contributed by atoms with E-state index in [1.165, 1.54) is 12.7 Å². The van der Waals surface area contributed by atoms with Crippen LogP contribution in [0.5, 0.6) is 0 Å². The van der Waals surface area contributed by atoms with Crippen LogP contribution in [0.3, 0.4) is 0 Å². The molecule has 8 nitrogen and oxygen atoms in total. The van der Waals surface area contributed by atoms with Crippen molar-refractivity contribution in [2.45, 2.75) is 77.4 Å². The van der Waals surface area contributed by atoms with Gasteiger partial charge in [0.05, 0.1) is 12.7 Å². The maximum atomic E-state index is 12.7. The maximum absolute atomic E-state index is 12.7. The second kappa shape index (κ2) is 10.7. The summed E-state index contributed by atoms with van der Waals surface area (Å²) in [6.07, 6.45) is 14.9. The Morgan fingerprint density at radius 1 is 1.14 bits per heavy atom. The molecule has 0 spiro atoms. The van der Waals surface area contributed by atoms with Crippen LogP contribution in [-0.2, 0) is 25.6 Å². The molecule has 3 N–H and O–H groups in total. The summed E-state index contributed by atoms with van der Waals surface area (Å²) >= 11 is 0. The second-order valence-corrected chi connectivity index (χ2v) is 13.5. The zero-order valence-corrected chi connectivity index (χ0v) is 25.1. The maximum Gasteiger partial charge on any atom is 0.328 e. The van der Waals surface area contributed by atoms with Gasteiger partial charge in [0.15, 0.2) is 6.61 Å². The molecule has 1 heterocycles. The molecule has 4 aliphatic carbocycles. The predicted molar refractivity (Wildman–Crippen MR) is 162 cm³/mol. The smallest absolute Gasteiger partial charge is 0.328 e. The number of ether oxygens (including phenoxy) is 1. The van der Waals surface area contributed by atoms with Crippen LogP contribution < -0.4 is 5.32 Å². The van der Waals surface area contributed by atoms with Gasteiger partial charge in [0.2, 0.25) is 0 Å². The summed E-state index contributed by atoms with van der Waals surface area (Å²) in [6, 6.07) is 6.98. The van der Waals surface area contributed by atoms with Gasteiger partial charge in [-0.3, -0.25) is 4.79 Å². The highest BCUT2D eigenvalue weighted by Crippen LogP contribution is 2.66. The highest BCUT2D eigenvalue weighted by atomic mass is 16.6. The fourth-order valence-electron chi connectivity index (χ4n) is 8.77. The molecule has 4 aliphatic rings. The van der Waals surface area contributed by atoms with Crippen molar-refractivity contribution in [1.82, 2.24) is 10.3 Å². The lowest BCUT2D eigenvalue weighted by Gasteiger charge is -2.58. The number of amides is 1. The number of hydrogen-bond acceptors (Lipinski definition) is 6. The number of nitrogens with zero attached hydrogens (tertiary/aromatic N) is 1.